The second kappa shape index (κ2) is 6.11. The Morgan fingerprint density at radius 1 is 1.57 bits per heavy atom. The van der Waals surface area contributed by atoms with Gasteiger partial charge in [0.2, 0.25) is 0 Å². The summed E-state index contributed by atoms with van der Waals surface area (Å²) in [5.74, 6) is 1.08. The first kappa shape index (κ1) is 14.5. The minimum Gasteiger partial charge on any atom is -0.480 e. The molecule has 2 fully saturated rings. The van der Waals surface area contributed by atoms with Crippen molar-refractivity contribution in [2.24, 2.45) is 5.92 Å². The molecule has 2 N–H and O–H groups in total. The summed E-state index contributed by atoms with van der Waals surface area (Å²) in [7, 11) is 0. The first-order valence-corrected chi connectivity index (χ1v) is 7.68. The highest BCUT2D eigenvalue weighted by molar-refractivity contribution is 5.74. The number of hydrogen-bond donors (Lipinski definition) is 2. The van der Waals surface area contributed by atoms with Gasteiger partial charge in [0.25, 0.3) is 0 Å². The summed E-state index contributed by atoms with van der Waals surface area (Å²) in [6.07, 6.45) is 3.67. The summed E-state index contributed by atoms with van der Waals surface area (Å²) in [5, 5.41) is 16.6. The van der Waals surface area contributed by atoms with Gasteiger partial charge >= 0.3 is 5.97 Å². The number of aliphatic carboxylic acids is 1. The highest BCUT2D eigenvalue weighted by Crippen LogP contribution is 2.37. The van der Waals surface area contributed by atoms with Gasteiger partial charge in [-0.05, 0) is 25.2 Å². The number of carboxylic acids is 1. The van der Waals surface area contributed by atoms with Gasteiger partial charge in [0.15, 0.2) is 5.82 Å². The fourth-order valence-corrected chi connectivity index (χ4v) is 2.95. The molecule has 116 valence electrons. The molecule has 0 aromatic carbocycles. The van der Waals surface area contributed by atoms with Gasteiger partial charge in [0.05, 0.1) is 6.61 Å². The SMILES string of the molecule is CCCc1nc(C2CN(C(C(=O)O)C3CC3)CCO2)n[nH]1. The number of hydrogen-bond acceptors (Lipinski definition) is 5. The normalized spacial score (nSPS) is 24.9. The van der Waals surface area contributed by atoms with Crippen LogP contribution in [0.15, 0.2) is 0 Å². The van der Waals surface area contributed by atoms with Crippen molar-refractivity contribution in [1.29, 1.82) is 0 Å². The molecule has 1 aliphatic carbocycles. The summed E-state index contributed by atoms with van der Waals surface area (Å²) < 4.78 is 5.74. The highest BCUT2D eigenvalue weighted by Gasteiger charge is 2.42. The number of nitrogens with one attached hydrogen (secondary N) is 1. The molecule has 2 atom stereocenters. The van der Waals surface area contributed by atoms with Gasteiger partial charge in [-0.3, -0.25) is 14.8 Å². The third-order valence-corrected chi connectivity index (χ3v) is 4.14. The van der Waals surface area contributed by atoms with E-state index in [1.807, 2.05) is 4.90 Å². The molecule has 0 radical (unpaired) electrons. The molecule has 0 amide bonds. The summed E-state index contributed by atoms with van der Waals surface area (Å²) in [6.45, 7) is 3.83. The predicted octanol–water partition coefficient (Wildman–Crippen LogP) is 0.994. The first-order valence-electron chi connectivity index (χ1n) is 7.68. The first-order chi connectivity index (χ1) is 10.2. The van der Waals surface area contributed by atoms with Crippen molar-refractivity contribution < 1.29 is 14.6 Å². The number of carboxylic acid groups (broad SMARTS) is 1. The molecule has 21 heavy (non-hydrogen) atoms. The lowest BCUT2D eigenvalue weighted by Gasteiger charge is -2.35. The summed E-state index contributed by atoms with van der Waals surface area (Å²) in [4.78, 5) is 18.0. The molecule has 1 aliphatic heterocycles. The van der Waals surface area contributed by atoms with E-state index in [1.165, 1.54) is 0 Å². The minimum absolute atomic E-state index is 0.235. The van der Waals surface area contributed by atoms with Crippen LogP contribution in [-0.4, -0.2) is 56.9 Å². The third-order valence-electron chi connectivity index (χ3n) is 4.14. The van der Waals surface area contributed by atoms with Crippen molar-refractivity contribution in [2.75, 3.05) is 19.7 Å². The number of aryl methyl sites for hydroxylation is 1. The van der Waals surface area contributed by atoms with Crippen molar-refractivity contribution in [3.63, 3.8) is 0 Å². The van der Waals surface area contributed by atoms with E-state index in [0.29, 0.717) is 31.4 Å². The lowest BCUT2D eigenvalue weighted by Crippen LogP contribution is -2.49. The van der Waals surface area contributed by atoms with Gasteiger partial charge < -0.3 is 9.84 Å². The summed E-state index contributed by atoms with van der Waals surface area (Å²) in [6, 6.07) is -0.384. The second-order valence-electron chi connectivity index (χ2n) is 5.87. The zero-order valence-corrected chi connectivity index (χ0v) is 12.3. The Morgan fingerprint density at radius 3 is 3.05 bits per heavy atom. The summed E-state index contributed by atoms with van der Waals surface area (Å²) in [5.41, 5.74) is 0. The average Bonchev–Trinajstić information content (AvgIpc) is 3.17. The smallest absolute Gasteiger partial charge is 0.321 e. The minimum atomic E-state index is -0.722. The molecule has 2 unspecified atom stereocenters. The largest absolute Gasteiger partial charge is 0.480 e. The molecule has 3 rings (SSSR count). The van der Waals surface area contributed by atoms with Gasteiger partial charge in [0, 0.05) is 19.5 Å². The van der Waals surface area contributed by atoms with Crippen molar-refractivity contribution in [1.82, 2.24) is 20.1 Å². The number of morpholine rings is 1. The fraction of sp³-hybridized carbons (Fsp3) is 0.786. The second-order valence-corrected chi connectivity index (χ2v) is 5.87. The molecule has 2 aliphatic rings. The number of H-pyrrole nitrogens is 1. The predicted molar refractivity (Wildman–Crippen MR) is 74.8 cm³/mol. The lowest BCUT2D eigenvalue weighted by molar-refractivity contribution is -0.148. The number of nitrogens with zero attached hydrogens (tertiary/aromatic N) is 3. The van der Waals surface area contributed by atoms with Crippen molar-refractivity contribution in [2.45, 2.75) is 44.8 Å². The van der Waals surface area contributed by atoms with Gasteiger partial charge in [0.1, 0.15) is 18.0 Å². The number of carbonyl (C=O) groups is 1. The van der Waals surface area contributed by atoms with Gasteiger partial charge in [-0.15, -0.1) is 0 Å². The Bertz CT molecular complexity index is 500. The fourth-order valence-electron chi connectivity index (χ4n) is 2.95. The van der Waals surface area contributed by atoms with E-state index in [0.717, 1.165) is 31.5 Å². The maximum absolute atomic E-state index is 11.5. The number of ether oxygens (including phenoxy) is 1. The molecule has 2 heterocycles. The van der Waals surface area contributed by atoms with Gasteiger partial charge in [-0.2, -0.15) is 5.10 Å². The van der Waals surface area contributed by atoms with E-state index >= 15 is 0 Å². The lowest BCUT2D eigenvalue weighted by atomic mass is 10.1. The number of aromatic amines is 1. The van der Waals surface area contributed by atoms with E-state index in [-0.39, 0.29) is 12.1 Å². The molecule has 1 aromatic rings. The molecule has 0 bridgehead atoms. The van der Waals surface area contributed by atoms with Crippen LogP contribution < -0.4 is 0 Å². The van der Waals surface area contributed by atoms with Crippen LogP contribution in [0.3, 0.4) is 0 Å². The highest BCUT2D eigenvalue weighted by atomic mass is 16.5. The monoisotopic (exact) mass is 294 g/mol. The molecule has 1 aromatic heterocycles. The van der Waals surface area contributed by atoms with E-state index in [4.69, 9.17) is 4.74 Å². The Labute approximate surface area is 123 Å². The molecular formula is C14H22N4O3. The van der Waals surface area contributed by atoms with Crippen LogP contribution in [0.5, 0.6) is 0 Å². The topological polar surface area (TPSA) is 91.3 Å². The van der Waals surface area contributed by atoms with Crippen molar-refractivity contribution in [3.8, 4) is 0 Å². The molecule has 0 spiro atoms. The van der Waals surface area contributed by atoms with Crippen LogP contribution in [0.1, 0.15) is 43.9 Å². The van der Waals surface area contributed by atoms with E-state index in [9.17, 15) is 9.90 Å². The van der Waals surface area contributed by atoms with Crippen LogP contribution in [0.25, 0.3) is 0 Å². The van der Waals surface area contributed by atoms with Crippen LogP contribution in [0, 0.1) is 5.92 Å². The molecule has 7 heteroatoms. The van der Waals surface area contributed by atoms with E-state index in [1.54, 1.807) is 0 Å². The molecule has 1 saturated heterocycles. The van der Waals surface area contributed by atoms with Crippen LogP contribution in [-0.2, 0) is 16.0 Å². The Balaban J connectivity index is 1.68. The molecular weight excluding hydrogens is 272 g/mol. The van der Waals surface area contributed by atoms with Crippen molar-refractivity contribution in [3.05, 3.63) is 11.6 Å². The Hall–Kier alpha value is -1.47. The number of rotatable bonds is 6. The van der Waals surface area contributed by atoms with Crippen molar-refractivity contribution >= 4 is 5.97 Å². The van der Waals surface area contributed by atoms with Gasteiger partial charge in [-0.1, -0.05) is 6.92 Å². The van der Waals surface area contributed by atoms with Crippen LogP contribution in [0.4, 0.5) is 0 Å². The van der Waals surface area contributed by atoms with Gasteiger partial charge in [-0.25, -0.2) is 4.98 Å². The maximum Gasteiger partial charge on any atom is 0.321 e. The average molecular weight is 294 g/mol. The third kappa shape index (κ3) is 3.24. The number of aromatic nitrogens is 3. The van der Waals surface area contributed by atoms with E-state index < -0.39 is 5.97 Å². The molecule has 1 saturated carbocycles. The zero-order chi connectivity index (χ0) is 14.8. The summed E-state index contributed by atoms with van der Waals surface area (Å²) >= 11 is 0. The van der Waals surface area contributed by atoms with Crippen LogP contribution >= 0.6 is 0 Å². The quantitative estimate of drug-likeness (QED) is 0.813. The molecule has 7 nitrogen and oxygen atoms in total. The maximum atomic E-state index is 11.5. The van der Waals surface area contributed by atoms with Crippen LogP contribution in [0.2, 0.25) is 0 Å². The Morgan fingerprint density at radius 2 is 2.38 bits per heavy atom. The standard InChI is InChI=1S/C14H22N4O3/c1-2-3-11-15-13(17-16-11)10-8-18(6-7-21-10)12(14(19)20)9-4-5-9/h9-10,12H,2-8H2,1H3,(H,19,20)(H,15,16,17). The zero-order valence-electron chi connectivity index (χ0n) is 12.3. The Kier molecular flexibility index (Phi) is 4.21. The van der Waals surface area contributed by atoms with E-state index in [2.05, 4.69) is 22.1 Å².